The monoisotopic (exact) mass is 1260 g/mol. The highest BCUT2D eigenvalue weighted by atomic mass is 16.5. The highest BCUT2D eigenvalue weighted by Crippen LogP contribution is 2.21. The number of hydrogen-bond acceptors (Lipinski definition) is 8. The molecule has 1 aromatic rings. The largest absolute Gasteiger partial charge is 0.463 e. The number of hydrogen-bond donors (Lipinski definition) is 0. The number of esters is 4. The summed E-state index contributed by atoms with van der Waals surface area (Å²) in [5.41, 5.74) is 0.617. The number of benzene rings is 1. The van der Waals surface area contributed by atoms with Crippen LogP contribution in [0, 0.1) is 0 Å². The van der Waals surface area contributed by atoms with Gasteiger partial charge < -0.3 is 18.9 Å². The molecule has 0 saturated carbocycles. The number of rotatable bonds is 74. The lowest BCUT2D eigenvalue weighted by atomic mass is 10.0. The van der Waals surface area contributed by atoms with Crippen LogP contribution in [0.1, 0.15) is 432 Å². The van der Waals surface area contributed by atoms with E-state index in [0.29, 0.717) is 37.6 Å². The van der Waals surface area contributed by atoms with Gasteiger partial charge in [-0.3, -0.25) is 0 Å². The van der Waals surface area contributed by atoms with Crippen LogP contribution in [0.15, 0.2) is 49.6 Å². The summed E-state index contributed by atoms with van der Waals surface area (Å²) in [6.07, 6.45) is 88.0. The summed E-state index contributed by atoms with van der Waals surface area (Å²) in [4.78, 5) is 48.0. The Morgan fingerprint density at radius 1 is 0.211 bits per heavy atom. The van der Waals surface area contributed by atoms with Gasteiger partial charge in [-0.15, -0.1) is 0 Å². The first-order valence-electron chi connectivity index (χ1n) is 39.5. The van der Waals surface area contributed by atoms with Crippen LogP contribution in [0.2, 0.25) is 0 Å². The molecule has 0 spiro atoms. The Bertz CT molecular complexity index is 1600. The maximum absolute atomic E-state index is 13.0. The quantitative estimate of drug-likeness (QED) is 0.0275. The van der Waals surface area contributed by atoms with E-state index in [4.69, 9.17) is 18.9 Å². The normalized spacial score (nSPS) is 11.3. The molecule has 0 heterocycles. The second kappa shape index (κ2) is 71.4. The van der Waals surface area contributed by atoms with Crippen molar-refractivity contribution in [3.05, 3.63) is 60.7 Å². The molecule has 0 radical (unpaired) electrons. The molecule has 0 aliphatic carbocycles. The van der Waals surface area contributed by atoms with Gasteiger partial charge in [0.1, 0.15) is 0 Å². The van der Waals surface area contributed by atoms with Crippen molar-refractivity contribution in [2.24, 2.45) is 0 Å². The van der Waals surface area contributed by atoms with Gasteiger partial charge in [-0.05, 0) is 37.8 Å². The van der Waals surface area contributed by atoms with E-state index < -0.39 is 11.9 Å². The lowest BCUT2D eigenvalue weighted by molar-refractivity contribution is -0.138. The minimum absolute atomic E-state index is 0.305. The Morgan fingerprint density at radius 3 is 0.467 bits per heavy atom. The van der Waals surface area contributed by atoms with Crippen molar-refractivity contribution in [1.29, 1.82) is 0 Å². The highest BCUT2D eigenvalue weighted by molar-refractivity contribution is 6.03. The van der Waals surface area contributed by atoms with Crippen molar-refractivity contribution >= 4 is 23.9 Å². The topological polar surface area (TPSA) is 105 Å². The summed E-state index contributed by atoms with van der Waals surface area (Å²) in [7, 11) is 0. The zero-order chi connectivity index (χ0) is 64.6. The molecule has 0 aliphatic heterocycles. The molecule has 522 valence electrons. The van der Waals surface area contributed by atoms with Gasteiger partial charge in [0.25, 0.3) is 0 Å². The molecular formula is C82H146O8. The van der Waals surface area contributed by atoms with E-state index in [0.717, 1.165) is 51.4 Å². The van der Waals surface area contributed by atoms with Crippen LogP contribution in [0.3, 0.4) is 0 Å². The molecule has 1 aromatic carbocycles. The fourth-order valence-corrected chi connectivity index (χ4v) is 12.8. The fourth-order valence-electron chi connectivity index (χ4n) is 12.8. The van der Waals surface area contributed by atoms with Crippen LogP contribution in [-0.2, 0) is 28.5 Å². The molecule has 0 atom stereocenters. The number of carbonyl (C=O) groups is 4. The summed E-state index contributed by atoms with van der Waals surface area (Å²) < 4.78 is 21.3. The van der Waals surface area contributed by atoms with Gasteiger partial charge in [0, 0.05) is 12.2 Å². The molecule has 8 heteroatoms. The second-order valence-corrected chi connectivity index (χ2v) is 27.2. The third-order valence-corrected chi connectivity index (χ3v) is 18.7. The molecule has 0 fully saturated rings. The SMILES string of the molecule is C=CC(=O)OCCCCCCCCCCCCCCCCCCCCCCCCCCCCCCCCCCOC(=O)c1ccccc1C(=O)OCCCCCCCCCCCCCCCCCCCCCCCCCCCCCCCCCCOC(=O)C=C. The van der Waals surface area contributed by atoms with Gasteiger partial charge in [-0.2, -0.15) is 0 Å². The smallest absolute Gasteiger partial charge is 0.339 e. The summed E-state index contributed by atoms with van der Waals surface area (Å²) in [6.45, 7) is 8.70. The van der Waals surface area contributed by atoms with Gasteiger partial charge in [-0.25, -0.2) is 19.2 Å². The molecule has 0 saturated heterocycles. The molecule has 0 unspecified atom stereocenters. The second-order valence-electron chi connectivity index (χ2n) is 27.2. The van der Waals surface area contributed by atoms with E-state index in [1.165, 1.54) is 372 Å². The first kappa shape index (κ1) is 84.6. The third-order valence-electron chi connectivity index (χ3n) is 18.7. The lowest BCUT2D eigenvalue weighted by Crippen LogP contribution is -2.15. The van der Waals surface area contributed by atoms with E-state index in [9.17, 15) is 19.2 Å². The van der Waals surface area contributed by atoms with Gasteiger partial charge in [0.15, 0.2) is 0 Å². The van der Waals surface area contributed by atoms with Crippen molar-refractivity contribution in [2.45, 2.75) is 411 Å². The zero-order valence-electron chi connectivity index (χ0n) is 59.2. The van der Waals surface area contributed by atoms with Crippen LogP contribution in [-0.4, -0.2) is 50.3 Å². The highest BCUT2D eigenvalue weighted by Gasteiger charge is 2.19. The van der Waals surface area contributed by atoms with E-state index in [1.54, 1.807) is 24.3 Å². The Balaban J connectivity index is 1.79. The van der Waals surface area contributed by atoms with Crippen LogP contribution >= 0.6 is 0 Å². The molecule has 0 N–H and O–H groups in total. The van der Waals surface area contributed by atoms with Crippen molar-refractivity contribution in [3.63, 3.8) is 0 Å². The Kier molecular flexibility index (Phi) is 67.1. The minimum atomic E-state index is -0.427. The van der Waals surface area contributed by atoms with Gasteiger partial charge in [0.2, 0.25) is 0 Å². The Hall–Kier alpha value is -3.42. The van der Waals surface area contributed by atoms with Crippen molar-refractivity contribution in [3.8, 4) is 0 Å². The molecule has 0 aromatic heterocycles. The molecule has 0 aliphatic rings. The van der Waals surface area contributed by atoms with Crippen LogP contribution in [0.5, 0.6) is 0 Å². The molecule has 1 rings (SSSR count). The number of unbranched alkanes of at least 4 members (excludes halogenated alkanes) is 62. The van der Waals surface area contributed by atoms with E-state index in [-0.39, 0.29) is 11.9 Å². The Labute approximate surface area is 557 Å². The predicted molar refractivity (Wildman–Crippen MR) is 385 cm³/mol. The van der Waals surface area contributed by atoms with Crippen molar-refractivity contribution in [1.82, 2.24) is 0 Å². The maximum atomic E-state index is 13.0. The molecule has 90 heavy (non-hydrogen) atoms. The molecule has 8 nitrogen and oxygen atoms in total. The summed E-state index contributed by atoms with van der Waals surface area (Å²) >= 11 is 0. The van der Waals surface area contributed by atoms with Crippen LogP contribution < -0.4 is 0 Å². The first-order chi connectivity index (χ1) is 44.5. The lowest BCUT2D eigenvalue weighted by Gasteiger charge is -2.10. The summed E-state index contributed by atoms with van der Waals surface area (Å²) in [5, 5.41) is 0. The predicted octanol–water partition coefficient (Wildman–Crippen LogP) is 26.4. The first-order valence-corrected chi connectivity index (χ1v) is 39.5. The van der Waals surface area contributed by atoms with Gasteiger partial charge in [-0.1, -0.05) is 411 Å². The molecule has 0 amide bonds. The number of carbonyl (C=O) groups excluding carboxylic acids is 4. The molecule has 0 bridgehead atoms. The van der Waals surface area contributed by atoms with Crippen molar-refractivity contribution in [2.75, 3.05) is 26.4 Å². The standard InChI is InChI=1S/C82H146O8/c1-3-79(83)87-73-67-61-57-53-49-45-41-37-33-29-25-21-17-13-9-5-7-11-15-19-23-27-31-35-39-43-47-51-55-59-63-69-75-89-81(85)77-71-65-66-72-78(77)82(86)90-76-70-64-60-56-52-48-44-40-36-32-28-24-20-16-12-8-6-10-14-18-22-26-30-34-38-42-46-50-54-58-62-68-74-88-80(84)4-2/h3-4,65-66,71-72H,1-2,5-64,67-70,73-76H2. The fraction of sp³-hybridized carbons (Fsp3) is 0.829. The maximum Gasteiger partial charge on any atom is 0.339 e. The number of ether oxygens (including phenoxy) is 4. The van der Waals surface area contributed by atoms with Crippen LogP contribution in [0.25, 0.3) is 0 Å². The average Bonchev–Trinajstić information content (AvgIpc) is 3.02. The van der Waals surface area contributed by atoms with Gasteiger partial charge >= 0.3 is 23.9 Å². The third kappa shape index (κ3) is 62.1. The average molecular weight is 1260 g/mol. The van der Waals surface area contributed by atoms with Crippen LogP contribution in [0.4, 0.5) is 0 Å². The zero-order valence-corrected chi connectivity index (χ0v) is 59.2. The summed E-state index contributed by atoms with van der Waals surface area (Å²) in [5.74, 6) is -1.46. The van der Waals surface area contributed by atoms with E-state index >= 15 is 0 Å². The van der Waals surface area contributed by atoms with E-state index in [1.807, 2.05) is 0 Å². The van der Waals surface area contributed by atoms with Gasteiger partial charge in [0.05, 0.1) is 37.6 Å². The minimum Gasteiger partial charge on any atom is -0.463 e. The summed E-state index contributed by atoms with van der Waals surface area (Å²) in [6, 6.07) is 6.93. The molecular weight excluding hydrogens is 1110 g/mol. The van der Waals surface area contributed by atoms with E-state index in [2.05, 4.69) is 13.2 Å². The Morgan fingerprint density at radius 2 is 0.333 bits per heavy atom. The van der Waals surface area contributed by atoms with Crippen molar-refractivity contribution < 1.29 is 38.1 Å².